The molecule has 4 aromatic heterocycles. The molecule has 0 aromatic carbocycles. The molecule has 0 unspecified atom stereocenters. The SMILES string of the molecule is Cc1cnc2[nH]cc(Cc3ccc(NCc4cnccc4C(F)(F)F)nc3C)c2c1. The van der Waals surface area contributed by atoms with Crippen LogP contribution in [0.4, 0.5) is 19.0 Å². The lowest BCUT2D eigenvalue weighted by molar-refractivity contribution is -0.138. The highest BCUT2D eigenvalue weighted by molar-refractivity contribution is 5.80. The zero-order chi connectivity index (χ0) is 21.3. The molecule has 5 nitrogen and oxygen atoms in total. The van der Waals surface area contributed by atoms with Gasteiger partial charge in [-0.3, -0.25) is 4.98 Å². The minimum atomic E-state index is -4.42. The number of nitrogens with one attached hydrogen (secondary N) is 2. The summed E-state index contributed by atoms with van der Waals surface area (Å²) in [5.41, 5.74) is 4.30. The van der Waals surface area contributed by atoms with E-state index in [1.165, 1.54) is 6.20 Å². The van der Waals surface area contributed by atoms with Crippen LogP contribution in [0.3, 0.4) is 0 Å². The van der Waals surface area contributed by atoms with Crippen molar-refractivity contribution in [2.45, 2.75) is 33.0 Å². The van der Waals surface area contributed by atoms with Gasteiger partial charge in [-0.15, -0.1) is 0 Å². The number of hydrogen-bond donors (Lipinski definition) is 2. The molecule has 4 rings (SSSR count). The van der Waals surface area contributed by atoms with E-state index in [0.717, 1.165) is 45.7 Å². The molecule has 0 spiro atoms. The zero-order valence-electron chi connectivity index (χ0n) is 16.5. The first-order chi connectivity index (χ1) is 14.3. The van der Waals surface area contributed by atoms with Crippen LogP contribution >= 0.6 is 0 Å². The molecule has 4 aromatic rings. The molecular formula is C22H20F3N5. The number of aromatic nitrogens is 4. The van der Waals surface area contributed by atoms with Crippen molar-refractivity contribution in [2.75, 3.05) is 5.32 Å². The molecule has 0 aliphatic rings. The average Bonchev–Trinajstić information content (AvgIpc) is 3.09. The molecule has 2 N–H and O–H groups in total. The second-order valence-corrected chi connectivity index (χ2v) is 7.22. The quantitative estimate of drug-likeness (QED) is 0.474. The fraction of sp³-hybridized carbons (Fsp3) is 0.227. The minimum Gasteiger partial charge on any atom is -0.366 e. The average molecular weight is 411 g/mol. The van der Waals surface area contributed by atoms with E-state index in [4.69, 9.17) is 0 Å². The summed E-state index contributed by atoms with van der Waals surface area (Å²) in [7, 11) is 0. The maximum atomic E-state index is 13.1. The molecule has 0 atom stereocenters. The second-order valence-electron chi connectivity index (χ2n) is 7.22. The third kappa shape index (κ3) is 4.12. The predicted octanol–water partition coefficient (Wildman–Crippen LogP) is 5.19. The number of nitrogens with zero attached hydrogens (tertiary/aromatic N) is 3. The van der Waals surface area contributed by atoms with Crippen LogP contribution in [0.25, 0.3) is 11.0 Å². The lowest BCUT2D eigenvalue weighted by Gasteiger charge is -2.14. The maximum Gasteiger partial charge on any atom is 0.416 e. The van der Waals surface area contributed by atoms with Gasteiger partial charge in [0, 0.05) is 54.4 Å². The summed E-state index contributed by atoms with van der Waals surface area (Å²) in [6, 6.07) is 6.81. The van der Waals surface area contributed by atoms with Crippen molar-refractivity contribution < 1.29 is 13.2 Å². The number of H-pyrrole nitrogens is 1. The lowest BCUT2D eigenvalue weighted by atomic mass is 10.0. The van der Waals surface area contributed by atoms with Gasteiger partial charge < -0.3 is 10.3 Å². The molecule has 154 valence electrons. The molecule has 0 amide bonds. The lowest BCUT2D eigenvalue weighted by Crippen LogP contribution is -2.12. The number of aromatic amines is 1. The molecule has 4 heterocycles. The van der Waals surface area contributed by atoms with Gasteiger partial charge in [0.05, 0.1) is 5.56 Å². The standard InChI is InChI=1S/C22H20F3N5/c1-13-7-18-16(11-29-21(18)28-9-13)8-15-3-4-20(30-14(15)2)27-12-17-10-26-6-5-19(17)22(23,24)25/h3-7,9-11H,8,12H2,1-2H3,(H,27,30)(H,28,29). The zero-order valence-corrected chi connectivity index (χ0v) is 16.5. The van der Waals surface area contributed by atoms with Crippen LogP contribution in [0.2, 0.25) is 0 Å². The van der Waals surface area contributed by atoms with Crippen LogP contribution in [0, 0.1) is 13.8 Å². The molecule has 8 heteroatoms. The number of pyridine rings is 3. The second kappa shape index (κ2) is 7.78. The number of hydrogen-bond acceptors (Lipinski definition) is 4. The fourth-order valence-corrected chi connectivity index (χ4v) is 3.42. The van der Waals surface area contributed by atoms with E-state index >= 15 is 0 Å². The summed E-state index contributed by atoms with van der Waals surface area (Å²) in [4.78, 5) is 15.9. The summed E-state index contributed by atoms with van der Waals surface area (Å²) in [6.07, 6.45) is 2.41. The molecule has 30 heavy (non-hydrogen) atoms. The summed E-state index contributed by atoms with van der Waals surface area (Å²) in [6.45, 7) is 3.88. The van der Waals surface area contributed by atoms with Gasteiger partial charge in [-0.05, 0) is 48.7 Å². The number of aryl methyl sites for hydroxylation is 2. The summed E-state index contributed by atoms with van der Waals surface area (Å²) in [5, 5.41) is 4.05. The van der Waals surface area contributed by atoms with Gasteiger partial charge in [-0.25, -0.2) is 9.97 Å². The van der Waals surface area contributed by atoms with Gasteiger partial charge >= 0.3 is 6.18 Å². The Hall–Kier alpha value is -3.42. The van der Waals surface area contributed by atoms with E-state index in [1.54, 1.807) is 6.07 Å². The highest BCUT2D eigenvalue weighted by atomic mass is 19.4. The Morgan fingerprint density at radius 2 is 1.87 bits per heavy atom. The Morgan fingerprint density at radius 1 is 1.03 bits per heavy atom. The summed E-state index contributed by atoms with van der Waals surface area (Å²) in [5.74, 6) is 0.518. The highest BCUT2D eigenvalue weighted by Crippen LogP contribution is 2.31. The topological polar surface area (TPSA) is 66.5 Å². The van der Waals surface area contributed by atoms with E-state index in [9.17, 15) is 13.2 Å². The number of anilines is 1. The molecule has 0 bridgehead atoms. The van der Waals surface area contributed by atoms with E-state index in [-0.39, 0.29) is 12.1 Å². The number of rotatable bonds is 5. The van der Waals surface area contributed by atoms with Crippen molar-refractivity contribution in [3.05, 3.63) is 82.6 Å². The van der Waals surface area contributed by atoms with E-state index < -0.39 is 11.7 Å². The first kappa shape index (κ1) is 19.9. The van der Waals surface area contributed by atoms with Crippen molar-refractivity contribution >= 4 is 16.9 Å². The first-order valence-electron chi connectivity index (χ1n) is 9.44. The monoisotopic (exact) mass is 411 g/mol. The third-order valence-corrected chi connectivity index (χ3v) is 5.00. The van der Waals surface area contributed by atoms with Gasteiger partial charge in [0.2, 0.25) is 0 Å². The van der Waals surface area contributed by atoms with Gasteiger partial charge in [-0.2, -0.15) is 13.2 Å². The Labute approximate surface area is 171 Å². The van der Waals surface area contributed by atoms with Crippen LogP contribution in [-0.2, 0) is 19.1 Å². The van der Waals surface area contributed by atoms with Crippen molar-refractivity contribution in [1.29, 1.82) is 0 Å². The first-order valence-corrected chi connectivity index (χ1v) is 9.44. The highest BCUT2D eigenvalue weighted by Gasteiger charge is 2.33. The Morgan fingerprint density at radius 3 is 2.63 bits per heavy atom. The van der Waals surface area contributed by atoms with Crippen LogP contribution in [0.5, 0.6) is 0 Å². The molecular weight excluding hydrogens is 391 g/mol. The van der Waals surface area contributed by atoms with Gasteiger partial charge in [0.25, 0.3) is 0 Å². The van der Waals surface area contributed by atoms with Crippen molar-refractivity contribution in [3.8, 4) is 0 Å². The Bertz CT molecular complexity index is 1200. The van der Waals surface area contributed by atoms with Crippen molar-refractivity contribution in [1.82, 2.24) is 19.9 Å². The molecule has 0 fully saturated rings. The molecule has 0 saturated carbocycles. The van der Waals surface area contributed by atoms with Crippen LogP contribution < -0.4 is 5.32 Å². The smallest absolute Gasteiger partial charge is 0.366 e. The largest absolute Gasteiger partial charge is 0.416 e. The van der Waals surface area contributed by atoms with E-state index in [2.05, 4.69) is 31.3 Å². The predicted molar refractivity (Wildman–Crippen MR) is 109 cm³/mol. The van der Waals surface area contributed by atoms with Crippen LogP contribution in [0.15, 0.2) is 49.1 Å². The minimum absolute atomic E-state index is 0.0120. The number of halogens is 3. The van der Waals surface area contributed by atoms with Crippen molar-refractivity contribution in [2.24, 2.45) is 0 Å². The fourth-order valence-electron chi connectivity index (χ4n) is 3.42. The van der Waals surface area contributed by atoms with E-state index in [0.29, 0.717) is 12.2 Å². The molecule has 0 radical (unpaired) electrons. The van der Waals surface area contributed by atoms with Gasteiger partial charge in [0.1, 0.15) is 11.5 Å². The summed E-state index contributed by atoms with van der Waals surface area (Å²) < 4.78 is 39.4. The Kier molecular flexibility index (Phi) is 5.15. The maximum absolute atomic E-state index is 13.1. The molecule has 0 saturated heterocycles. The van der Waals surface area contributed by atoms with Crippen molar-refractivity contribution in [3.63, 3.8) is 0 Å². The van der Waals surface area contributed by atoms with E-state index in [1.807, 2.05) is 32.3 Å². The van der Waals surface area contributed by atoms with Crippen LogP contribution in [0.1, 0.15) is 33.5 Å². The Balaban J connectivity index is 1.51. The third-order valence-electron chi connectivity index (χ3n) is 5.00. The summed E-state index contributed by atoms with van der Waals surface area (Å²) >= 11 is 0. The molecule has 0 aliphatic carbocycles. The number of alkyl halides is 3. The van der Waals surface area contributed by atoms with Gasteiger partial charge in [-0.1, -0.05) is 6.07 Å². The molecule has 0 aliphatic heterocycles. The van der Waals surface area contributed by atoms with Gasteiger partial charge in [0.15, 0.2) is 0 Å². The normalized spacial score (nSPS) is 11.8. The number of fused-ring (bicyclic) bond motifs is 1. The van der Waals surface area contributed by atoms with Crippen LogP contribution in [-0.4, -0.2) is 19.9 Å².